The molecule has 12 heteroatoms. The van der Waals surface area contributed by atoms with E-state index in [4.69, 9.17) is 5.11 Å². The Morgan fingerprint density at radius 2 is 1.58 bits per heavy atom. The van der Waals surface area contributed by atoms with E-state index < -0.39 is 40.2 Å². The number of likely N-dealkylation sites (tertiary alicyclic amines) is 1. The normalized spacial score (nSPS) is 29.8. The van der Waals surface area contributed by atoms with Crippen molar-refractivity contribution in [1.29, 1.82) is 0 Å². The summed E-state index contributed by atoms with van der Waals surface area (Å²) >= 11 is 0. The first-order valence-electron chi connectivity index (χ1n) is 7.41. The van der Waals surface area contributed by atoms with Crippen LogP contribution in [0.3, 0.4) is 0 Å². The Morgan fingerprint density at radius 1 is 1.04 bits per heavy atom. The van der Waals surface area contributed by atoms with Crippen molar-refractivity contribution in [3.05, 3.63) is 20.2 Å². The monoisotopic (exact) mass is 347 g/mol. The first kappa shape index (κ1) is 17.7. The van der Waals surface area contributed by atoms with Gasteiger partial charge in [0, 0.05) is 19.0 Å². The van der Waals surface area contributed by atoms with Crippen LogP contribution in [0.15, 0.2) is 0 Å². The predicted octanol–water partition coefficient (Wildman–Crippen LogP) is -0.127. The number of hydrogen-bond donors (Lipinski definition) is 1. The van der Waals surface area contributed by atoms with E-state index in [1.165, 1.54) is 4.90 Å². The van der Waals surface area contributed by atoms with Gasteiger partial charge in [0.05, 0.1) is 5.92 Å². The molecule has 0 bridgehead atoms. The molecule has 0 spiro atoms. The molecule has 0 aromatic heterocycles. The van der Waals surface area contributed by atoms with Crippen LogP contribution in [-0.2, 0) is 19.3 Å². The number of nitrogens with zero attached hydrogens (tertiary/aromatic N) is 3. The van der Waals surface area contributed by atoms with Gasteiger partial charge in [-0.15, -0.1) is 20.2 Å². The van der Waals surface area contributed by atoms with Gasteiger partial charge in [-0.25, -0.2) is 0 Å². The van der Waals surface area contributed by atoms with Gasteiger partial charge < -0.3 is 19.7 Å². The lowest BCUT2D eigenvalue weighted by atomic mass is 9.96. The van der Waals surface area contributed by atoms with Gasteiger partial charge in [0.2, 0.25) is 5.91 Å². The third-order valence-electron chi connectivity index (χ3n) is 4.32. The minimum atomic E-state index is -1.21. The largest absolute Gasteiger partial charge is 0.481 e. The van der Waals surface area contributed by atoms with Crippen LogP contribution < -0.4 is 0 Å². The second kappa shape index (κ2) is 7.27. The summed E-state index contributed by atoms with van der Waals surface area (Å²) in [5.74, 6) is -2.76. The maximum atomic E-state index is 12.5. The number of carboxylic acid groups (broad SMARTS) is 1. The summed E-state index contributed by atoms with van der Waals surface area (Å²) in [5.41, 5.74) is 0. The quantitative estimate of drug-likeness (QED) is 0.509. The number of aliphatic carboxylic acids is 1. The lowest BCUT2D eigenvalue weighted by molar-refractivity contribution is -0.797. The fraction of sp³-hybridized carbons (Fsp3) is 0.833. The Balaban J connectivity index is 2.02. The average Bonchev–Trinajstić information content (AvgIpc) is 2.87. The minimum absolute atomic E-state index is 0.0617. The number of carbonyl (C=O) groups is 2. The van der Waals surface area contributed by atoms with E-state index in [0.29, 0.717) is 19.4 Å². The molecule has 1 saturated carbocycles. The molecule has 1 aliphatic heterocycles. The second-order valence-corrected chi connectivity index (χ2v) is 5.86. The van der Waals surface area contributed by atoms with Crippen LogP contribution in [0.2, 0.25) is 0 Å². The molecule has 0 aromatic rings. The van der Waals surface area contributed by atoms with E-state index in [9.17, 15) is 29.8 Å². The molecular weight excluding hydrogens is 330 g/mol. The Kier molecular flexibility index (Phi) is 5.36. The van der Waals surface area contributed by atoms with Gasteiger partial charge in [0.1, 0.15) is 12.2 Å². The van der Waals surface area contributed by atoms with E-state index in [0.717, 1.165) is 0 Å². The highest BCUT2D eigenvalue weighted by Gasteiger charge is 2.44. The van der Waals surface area contributed by atoms with Gasteiger partial charge in [0.15, 0.2) is 0 Å². The number of rotatable bonds is 6. The van der Waals surface area contributed by atoms with E-state index in [2.05, 4.69) is 9.68 Å². The minimum Gasteiger partial charge on any atom is -0.481 e. The number of amides is 1. The summed E-state index contributed by atoms with van der Waals surface area (Å²) in [6.45, 7) is 0.451. The molecule has 1 heterocycles. The van der Waals surface area contributed by atoms with E-state index >= 15 is 0 Å². The Hall–Kier alpha value is -2.66. The molecule has 1 amide bonds. The van der Waals surface area contributed by atoms with Crippen LogP contribution in [0, 0.1) is 32.1 Å². The van der Waals surface area contributed by atoms with Gasteiger partial charge in [-0.1, -0.05) is 0 Å². The average molecular weight is 347 g/mol. The van der Waals surface area contributed by atoms with E-state index in [-0.39, 0.29) is 25.3 Å². The van der Waals surface area contributed by atoms with Crippen molar-refractivity contribution >= 4 is 11.9 Å². The van der Waals surface area contributed by atoms with Crippen molar-refractivity contribution in [1.82, 2.24) is 4.90 Å². The van der Waals surface area contributed by atoms with Crippen LogP contribution >= 0.6 is 0 Å². The molecule has 134 valence electrons. The van der Waals surface area contributed by atoms with Crippen LogP contribution in [0.5, 0.6) is 0 Å². The molecule has 1 aliphatic carbocycles. The van der Waals surface area contributed by atoms with Gasteiger partial charge in [-0.2, -0.15) is 0 Å². The Labute approximate surface area is 135 Å². The molecule has 2 rings (SSSR count). The Bertz CT molecular complexity index is 516. The van der Waals surface area contributed by atoms with Crippen LogP contribution in [0.25, 0.3) is 0 Å². The molecule has 1 N–H and O–H groups in total. The SMILES string of the molecule is O=C(O)[C@H]1CCCN(C(=O)C2C[C@H](O[N+](=O)[O-])[C@H](O[N+](=O)[O-])C2)C1. The summed E-state index contributed by atoms with van der Waals surface area (Å²) in [6.07, 6.45) is -1.58. The number of carbonyl (C=O) groups excluding carboxylic acids is 1. The molecule has 0 radical (unpaired) electrons. The van der Waals surface area contributed by atoms with Crippen molar-refractivity contribution in [3.63, 3.8) is 0 Å². The zero-order chi connectivity index (χ0) is 17.9. The fourth-order valence-electron chi connectivity index (χ4n) is 3.24. The highest BCUT2D eigenvalue weighted by molar-refractivity contribution is 5.80. The summed E-state index contributed by atoms with van der Waals surface area (Å²) in [4.78, 5) is 54.7. The lowest BCUT2D eigenvalue weighted by Crippen LogP contribution is -2.44. The number of piperidine rings is 1. The number of hydrogen-bond acceptors (Lipinski definition) is 8. The highest BCUT2D eigenvalue weighted by Crippen LogP contribution is 2.33. The smallest absolute Gasteiger partial charge is 0.308 e. The first-order chi connectivity index (χ1) is 11.3. The molecule has 24 heavy (non-hydrogen) atoms. The van der Waals surface area contributed by atoms with Crippen molar-refractivity contribution < 1.29 is 34.5 Å². The topological polar surface area (TPSA) is 162 Å². The van der Waals surface area contributed by atoms with Gasteiger partial charge >= 0.3 is 5.97 Å². The zero-order valence-corrected chi connectivity index (χ0v) is 12.6. The molecule has 0 aromatic carbocycles. The van der Waals surface area contributed by atoms with E-state index in [1.54, 1.807) is 0 Å². The molecular formula is C12H17N3O9. The summed E-state index contributed by atoms with van der Waals surface area (Å²) in [6, 6.07) is 0. The molecule has 12 nitrogen and oxygen atoms in total. The molecule has 1 unspecified atom stereocenters. The maximum Gasteiger partial charge on any atom is 0.308 e. The van der Waals surface area contributed by atoms with Gasteiger partial charge in [-0.05, 0) is 25.7 Å². The van der Waals surface area contributed by atoms with Crippen LogP contribution in [0.1, 0.15) is 25.7 Å². The third kappa shape index (κ3) is 4.20. The third-order valence-corrected chi connectivity index (χ3v) is 4.32. The molecule has 1 saturated heterocycles. The lowest BCUT2D eigenvalue weighted by Gasteiger charge is -2.32. The van der Waals surface area contributed by atoms with Crippen molar-refractivity contribution in [2.75, 3.05) is 13.1 Å². The standard InChI is InChI=1S/C12H17N3O9/c16-11(13-3-1-2-7(6-13)12(17)18)8-4-9(23-14(19)20)10(5-8)24-15(21)22/h7-10H,1-6H2,(H,17,18)/t7-,8?,9-,10+/m0/s1. The summed E-state index contributed by atoms with van der Waals surface area (Å²) < 4.78 is 0. The van der Waals surface area contributed by atoms with E-state index in [1.807, 2.05) is 0 Å². The second-order valence-electron chi connectivity index (χ2n) is 5.86. The fourth-order valence-corrected chi connectivity index (χ4v) is 3.24. The molecule has 2 fully saturated rings. The Morgan fingerprint density at radius 3 is 2.04 bits per heavy atom. The van der Waals surface area contributed by atoms with Crippen molar-refractivity contribution in [2.24, 2.45) is 11.8 Å². The highest BCUT2D eigenvalue weighted by atomic mass is 17.0. The predicted molar refractivity (Wildman–Crippen MR) is 73.4 cm³/mol. The van der Waals surface area contributed by atoms with Crippen molar-refractivity contribution in [2.45, 2.75) is 37.9 Å². The molecule has 2 aliphatic rings. The molecule has 4 atom stereocenters. The summed E-state index contributed by atoms with van der Waals surface area (Å²) in [7, 11) is 0. The first-order valence-corrected chi connectivity index (χ1v) is 7.41. The van der Waals surface area contributed by atoms with Gasteiger partial charge in [-0.3, -0.25) is 9.59 Å². The van der Waals surface area contributed by atoms with Crippen molar-refractivity contribution in [3.8, 4) is 0 Å². The number of carboxylic acids is 1. The zero-order valence-electron chi connectivity index (χ0n) is 12.6. The van der Waals surface area contributed by atoms with Crippen LogP contribution in [-0.4, -0.2) is 57.4 Å². The maximum absolute atomic E-state index is 12.5. The van der Waals surface area contributed by atoms with Gasteiger partial charge in [0.25, 0.3) is 10.2 Å². The van der Waals surface area contributed by atoms with Crippen LogP contribution in [0.4, 0.5) is 0 Å². The summed E-state index contributed by atoms with van der Waals surface area (Å²) in [5, 5.41) is 27.9.